The molecule has 1 unspecified atom stereocenters. The topological polar surface area (TPSA) is 38.0 Å². The van der Waals surface area contributed by atoms with E-state index in [1.165, 1.54) is 32.1 Å². The molecule has 1 atom stereocenters. The molecule has 0 heterocycles. The van der Waals surface area contributed by atoms with Crippen molar-refractivity contribution in [1.82, 2.24) is 0 Å². The molecule has 1 saturated carbocycles. The van der Waals surface area contributed by atoms with E-state index in [0.29, 0.717) is 5.92 Å². The van der Waals surface area contributed by atoms with Crippen LogP contribution in [0.2, 0.25) is 0 Å². The van der Waals surface area contributed by atoms with Crippen LogP contribution < -0.4 is 11.1 Å². The molecule has 0 saturated heterocycles. The standard InChI is InChI=1S/C13H20N2/c14-13(11-7-3-1-4-8-11)15-12-9-5-2-6-10-12/h2,5-6,9-11,13,15H,1,3-4,7-8,14H2. The Kier molecular flexibility index (Phi) is 3.62. The van der Waals surface area contributed by atoms with Gasteiger partial charge in [0.2, 0.25) is 0 Å². The molecule has 3 N–H and O–H groups in total. The molecule has 0 amide bonds. The van der Waals surface area contributed by atoms with Gasteiger partial charge in [-0.15, -0.1) is 0 Å². The second-order valence-electron chi connectivity index (χ2n) is 4.43. The third-order valence-electron chi connectivity index (χ3n) is 3.26. The SMILES string of the molecule is NC(Nc1ccccc1)C1CCCCC1. The van der Waals surface area contributed by atoms with Crippen molar-refractivity contribution in [3.05, 3.63) is 30.3 Å². The average Bonchev–Trinajstić information content (AvgIpc) is 2.31. The van der Waals surface area contributed by atoms with Gasteiger partial charge in [-0.1, -0.05) is 37.5 Å². The van der Waals surface area contributed by atoms with E-state index in [1.54, 1.807) is 0 Å². The summed E-state index contributed by atoms with van der Waals surface area (Å²) in [6, 6.07) is 10.2. The largest absolute Gasteiger partial charge is 0.370 e. The fourth-order valence-corrected chi connectivity index (χ4v) is 2.34. The number of nitrogens with two attached hydrogens (primary N) is 1. The number of anilines is 1. The molecular weight excluding hydrogens is 184 g/mol. The number of rotatable bonds is 3. The van der Waals surface area contributed by atoms with E-state index in [0.717, 1.165) is 5.69 Å². The van der Waals surface area contributed by atoms with E-state index in [1.807, 2.05) is 18.2 Å². The Bertz CT molecular complexity index is 278. The van der Waals surface area contributed by atoms with Gasteiger partial charge in [-0.25, -0.2) is 0 Å². The third kappa shape index (κ3) is 2.96. The molecule has 2 nitrogen and oxygen atoms in total. The minimum atomic E-state index is 0.118. The quantitative estimate of drug-likeness (QED) is 0.743. The first-order valence-corrected chi connectivity index (χ1v) is 5.93. The molecule has 82 valence electrons. The Morgan fingerprint density at radius 2 is 1.73 bits per heavy atom. The summed E-state index contributed by atoms with van der Waals surface area (Å²) in [5, 5.41) is 3.39. The van der Waals surface area contributed by atoms with Crippen molar-refractivity contribution in [2.24, 2.45) is 11.7 Å². The van der Waals surface area contributed by atoms with E-state index in [2.05, 4.69) is 17.4 Å². The fourth-order valence-electron chi connectivity index (χ4n) is 2.34. The van der Waals surface area contributed by atoms with Crippen LogP contribution in [-0.4, -0.2) is 6.17 Å². The minimum absolute atomic E-state index is 0.118. The van der Waals surface area contributed by atoms with E-state index in [4.69, 9.17) is 5.73 Å². The highest BCUT2D eigenvalue weighted by molar-refractivity contribution is 5.43. The Hall–Kier alpha value is -1.02. The number of para-hydroxylation sites is 1. The predicted octanol–water partition coefficient (Wildman–Crippen LogP) is 2.96. The van der Waals surface area contributed by atoms with Gasteiger partial charge in [0, 0.05) is 5.69 Å². The first-order valence-electron chi connectivity index (χ1n) is 5.93. The summed E-state index contributed by atoms with van der Waals surface area (Å²) in [5.74, 6) is 0.652. The summed E-state index contributed by atoms with van der Waals surface area (Å²) < 4.78 is 0. The van der Waals surface area contributed by atoms with Gasteiger partial charge in [0.15, 0.2) is 0 Å². The zero-order valence-electron chi connectivity index (χ0n) is 9.15. The van der Waals surface area contributed by atoms with Crippen molar-refractivity contribution >= 4 is 5.69 Å². The normalized spacial score (nSPS) is 19.8. The van der Waals surface area contributed by atoms with Crippen molar-refractivity contribution in [3.63, 3.8) is 0 Å². The highest BCUT2D eigenvalue weighted by Gasteiger charge is 2.19. The van der Waals surface area contributed by atoms with Gasteiger partial charge in [-0.2, -0.15) is 0 Å². The molecule has 2 heteroatoms. The molecule has 1 fully saturated rings. The summed E-state index contributed by atoms with van der Waals surface area (Å²) in [7, 11) is 0. The first-order chi connectivity index (χ1) is 7.36. The van der Waals surface area contributed by atoms with Crippen LogP contribution in [0.3, 0.4) is 0 Å². The Balaban J connectivity index is 1.88. The second kappa shape index (κ2) is 5.17. The Labute approximate surface area is 91.9 Å². The van der Waals surface area contributed by atoms with Gasteiger partial charge in [0.1, 0.15) is 0 Å². The highest BCUT2D eigenvalue weighted by Crippen LogP contribution is 2.26. The van der Waals surface area contributed by atoms with Crippen molar-refractivity contribution in [1.29, 1.82) is 0 Å². The molecule has 2 rings (SSSR count). The van der Waals surface area contributed by atoms with E-state index < -0.39 is 0 Å². The van der Waals surface area contributed by atoms with Gasteiger partial charge >= 0.3 is 0 Å². The van der Waals surface area contributed by atoms with Gasteiger partial charge in [-0.05, 0) is 30.9 Å². The number of nitrogens with one attached hydrogen (secondary N) is 1. The summed E-state index contributed by atoms with van der Waals surface area (Å²) in [5.41, 5.74) is 7.30. The number of benzene rings is 1. The third-order valence-corrected chi connectivity index (χ3v) is 3.26. The Morgan fingerprint density at radius 1 is 1.07 bits per heavy atom. The lowest BCUT2D eigenvalue weighted by molar-refractivity contribution is 0.321. The Morgan fingerprint density at radius 3 is 2.40 bits per heavy atom. The van der Waals surface area contributed by atoms with Gasteiger partial charge in [0.25, 0.3) is 0 Å². The fraction of sp³-hybridized carbons (Fsp3) is 0.538. The average molecular weight is 204 g/mol. The lowest BCUT2D eigenvalue weighted by Gasteiger charge is -2.28. The molecule has 1 aliphatic carbocycles. The molecule has 0 bridgehead atoms. The molecule has 0 spiro atoms. The molecule has 1 aromatic carbocycles. The predicted molar refractivity (Wildman–Crippen MR) is 64.6 cm³/mol. The van der Waals surface area contributed by atoms with Crippen LogP contribution in [0.15, 0.2) is 30.3 Å². The summed E-state index contributed by atoms with van der Waals surface area (Å²) in [6.07, 6.45) is 6.74. The zero-order valence-corrected chi connectivity index (χ0v) is 9.15. The first kappa shape index (κ1) is 10.5. The van der Waals surface area contributed by atoms with Crippen LogP contribution in [0.5, 0.6) is 0 Å². The van der Waals surface area contributed by atoms with E-state index in [9.17, 15) is 0 Å². The second-order valence-corrected chi connectivity index (χ2v) is 4.43. The van der Waals surface area contributed by atoms with Crippen LogP contribution in [0.4, 0.5) is 5.69 Å². The van der Waals surface area contributed by atoms with E-state index >= 15 is 0 Å². The van der Waals surface area contributed by atoms with Gasteiger partial charge in [-0.3, -0.25) is 0 Å². The van der Waals surface area contributed by atoms with Gasteiger partial charge < -0.3 is 11.1 Å². The molecule has 0 aliphatic heterocycles. The minimum Gasteiger partial charge on any atom is -0.370 e. The van der Waals surface area contributed by atoms with Crippen LogP contribution >= 0.6 is 0 Å². The van der Waals surface area contributed by atoms with Crippen molar-refractivity contribution in [2.45, 2.75) is 38.3 Å². The highest BCUT2D eigenvalue weighted by atomic mass is 15.0. The van der Waals surface area contributed by atoms with Crippen LogP contribution in [-0.2, 0) is 0 Å². The molecule has 1 aromatic rings. The molecular formula is C13H20N2. The molecule has 0 aromatic heterocycles. The molecule has 0 radical (unpaired) electrons. The molecule has 1 aliphatic rings. The van der Waals surface area contributed by atoms with Crippen LogP contribution in [0, 0.1) is 5.92 Å². The summed E-state index contributed by atoms with van der Waals surface area (Å²) in [6.45, 7) is 0. The zero-order chi connectivity index (χ0) is 10.5. The van der Waals surface area contributed by atoms with Crippen LogP contribution in [0.1, 0.15) is 32.1 Å². The lowest BCUT2D eigenvalue weighted by Crippen LogP contribution is -2.38. The maximum atomic E-state index is 6.17. The molecule has 15 heavy (non-hydrogen) atoms. The number of hydrogen-bond donors (Lipinski definition) is 2. The smallest absolute Gasteiger partial charge is 0.0771 e. The summed E-state index contributed by atoms with van der Waals surface area (Å²) >= 11 is 0. The number of hydrogen-bond acceptors (Lipinski definition) is 2. The monoisotopic (exact) mass is 204 g/mol. The summed E-state index contributed by atoms with van der Waals surface area (Å²) in [4.78, 5) is 0. The van der Waals surface area contributed by atoms with Crippen molar-refractivity contribution in [3.8, 4) is 0 Å². The lowest BCUT2D eigenvalue weighted by atomic mass is 9.87. The van der Waals surface area contributed by atoms with Crippen LogP contribution in [0.25, 0.3) is 0 Å². The van der Waals surface area contributed by atoms with Crippen molar-refractivity contribution in [2.75, 3.05) is 5.32 Å². The van der Waals surface area contributed by atoms with E-state index in [-0.39, 0.29) is 6.17 Å². The van der Waals surface area contributed by atoms with Gasteiger partial charge in [0.05, 0.1) is 6.17 Å². The maximum absolute atomic E-state index is 6.17. The van der Waals surface area contributed by atoms with Crippen molar-refractivity contribution < 1.29 is 0 Å². The maximum Gasteiger partial charge on any atom is 0.0771 e.